The molecule has 3 N–H and O–H groups in total. The van der Waals surface area contributed by atoms with Gasteiger partial charge in [-0.1, -0.05) is 143 Å². The summed E-state index contributed by atoms with van der Waals surface area (Å²) in [5.41, 5.74) is 0. The van der Waals surface area contributed by atoms with Crippen LogP contribution in [0.4, 0.5) is 0 Å². The van der Waals surface area contributed by atoms with Crippen LogP contribution in [-0.2, 0) is 32.7 Å². The molecule has 0 bridgehead atoms. The zero-order chi connectivity index (χ0) is 43.3. The van der Waals surface area contributed by atoms with E-state index in [1.54, 1.807) is 0 Å². The predicted molar refractivity (Wildman–Crippen MR) is 242 cm³/mol. The van der Waals surface area contributed by atoms with E-state index < -0.39 is 51.8 Å². The van der Waals surface area contributed by atoms with Crippen LogP contribution >= 0.6 is 7.82 Å². The van der Waals surface area contributed by atoms with Crippen molar-refractivity contribution in [3.05, 3.63) is 97.2 Å². The third kappa shape index (κ3) is 42.8. The number of rotatable bonds is 40. The molecule has 59 heavy (non-hydrogen) atoms. The van der Waals surface area contributed by atoms with Crippen molar-refractivity contribution in [3.63, 3.8) is 0 Å². The van der Waals surface area contributed by atoms with Crippen LogP contribution in [0.25, 0.3) is 0 Å². The van der Waals surface area contributed by atoms with Gasteiger partial charge in [-0.25, -0.2) is 4.57 Å². The maximum Gasteiger partial charge on any atom is 0.472 e. The van der Waals surface area contributed by atoms with E-state index in [0.717, 1.165) is 64.2 Å². The van der Waals surface area contributed by atoms with Crippen molar-refractivity contribution in [3.8, 4) is 0 Å². The molecule has 3 atom stereocenters. The number of hydrogen-bond donors (Lipinski definition) is 3. The molecule has 0 rings (SSSR count). The van der Waals surface area contributed by atoms with Gasteiger partial charge in [0, 0.05) is 12.8 Å². The number of carbonyl (C=O) groups is 2. The number of ether oxygens (including phenoxy) is 2. The number of aliphatic hydroxyl groups excluding tert-OH is 2. The molecule has 0 fully saturated rings. The molecule has 0 heterocycles. The van der Waals surface area contributed by atoms with E-state index in [1.807, 2.05) is 6.08 Å². The maximum atomic E-state index is 12.6. The SMILES string of the molecule is CCCCC/C=C\C/C=C\C/C=C\C/C=C\CCCCCC(=O)O[C@H](COC(=O)CCC/C=C\C/C=C\C/C=C\C/C=C\CCCCC)COP(=O)(O)OC[C@@H](O)CO. The molecule has 0 aromatic rings. The van der Waals surface area contributed by atoms with E-state index in [0.29, 0.717) is 19.3 Å². The Morgan fingerprint density at radius 2 is 0.898 bits per heavy atom. The lowest BCUT2D eigenvalue weighted by molar-refractivity contribution is -0.161. The van der Waals surface area contributed by atoms with E-state index in [4.69, 9.17) is 19.1 Å². The highest BCUT2D eigenvalue weighted by atomic mass is 31.2. The van der Waals surface area contributed by atoms with Crippen LogP contribution in [0.3, 0.4) is 0 Å². The smallest absolute Gasteiger partial charge is 0.462 e. The highest BCUT2D eigenvalue weighted by molar-refractivity contribution is 7.47. The zero-order valence-electron chi connectivity index (χ0n) is 36.4. The van der Waals surface area contributed by atoms with Crippen LogP contribution in [-0.4, -0.2) is 65.7 Å². The minimum atomic E-state index is -4.65. The first-order valence-electron chi connectivity index (χ1n) is 22.2. The number of aliphatic hydroxyl groups is 2. The summed E-state index contributed by atoms with van der Waals surface area (Å²) in [6, 6.07) is 0. The molecule has 0 aliphatic rings. The van der Waals surface area contributed by atoms with Crippen molar-refractivity contribution < 1.29 is 47.8 Å². The molecule has 0 aliphatic carbocycles. The Balaban J connectivity index is 4.47. The molecular formula is C48H79O10P. The summed E-state index contributed by atoms with van der Waals surface area (Å²) in [6.07, 6.45) is 52.3. The van der Waals surface area contributed by atoms with Crippen molar-refractivity contribution in [2.75, 3.05) is 26.4 Å². The predicted octanol–water partition coefficient (Wildman–Crippen LogP) is 12.0. The molecule has 0 amide bonds. The molecule has 0 saturated carbocycles. The van der Waals surface area contributed by atoms with Crippen molar-refractivity contribution >= 4 is 19.8 Å². The number of unbranched alkanes of at least 4 members (excludes halogenated alkanes) is 10. The average molecular weight is 847 g/mol. The van der Waals surface area contributed by atoms with Gasteiger partial charge in [-0.2, -0.15) is 0 Å². The van der Waals surface area contributed by atoms with Crippen LogP contribution in [0.2, 0.25) is 0 Å². The molecular weight excluding hydrogens is 767 g/mol. The number of phosphoric acid groups is 1. The topological polar surface area (TPSA) is 149 Å². The van der Waals surface area contributed by atoms with Gasteiger partial charge in [-0.3, -0.25) is 18.6 Å². The Morgan fingerprint density at radius 1 is 0.508 bits per heavy atom. The molecule has 1 unspecified atom stereocenters. The van der Waals surface area contributed by atoms with Crippen molar-refractivity contribution in [2.24, 2.45) is 0 Å². The molecule has 0 aliphatic heterocycles. The van der Waals surface area contributed by atoms with Gasteiger partial charge in [0.2, 0.25) is 0 Å². The second-order valence-electron chi connectivity index (χ2n) is 14.4. The van der Waals surface area contributed by atoms with Gasteiger partial charge in [0.25, 0.3) is 0 Å². The Hall–Kier alpha value is -3.11. The minimum absolute atomic E-state index is 0.129. The normalized spacial score (nSPS) is 14.7. The Labute approximate surface area is 357 Å². The molecule has 0 saturated heterocycles. The lowest BCUT2D eigenvalue weighted by Gasteiger charge is -2.20. The van der Waals surface area contributed by atoms with Gasteiger partial charge in [0.15, 0.2) is 6.10 Å². The van der Waals surface area contributed by atoms with Gasteiger partial charge in [-0.05, 0) is 96.3 Å². The first kappa shape index (κ1) is 55.9. The molecule has 0 spiro atoms. The lowest BCUT2D eigenvalue weighted by atomic mass is 10.1. The highest BCUT2D eigenvalue weighted by Crippen LogP contribution is 2.43. The summed E-state index contributed by atoms with van der Waals surface area (Å²) >= 11 is 0. The molecule has 336 valence electrons. The second-order valence-corrected chi connectivity index (χ2v) is 15.8. The third-order valence-corrected chi connectivity index (χ3v) is 9.66. The number of carbonyl (C=O) groups excluding carboxylic acids is 2. The van der Waals surface area contributed by atoms with Crippen LogP contribution in [0.15, 0.2) is 97.2 Å². The fourth-order valence-corrected chi connectivity index (χ4v) is 6.05. The fraction of sp³-hybridized carbons (Fsp3) is 0.625. The third-order valence-electron chi connectivity index (χ3n) is 8.71. The van der Waals surface area contributed by atoms with Crippen molar-refractivity contribution in [2.45, 2.75) is 167 Å². The van der Waals surface area contributed by atoms with E-state index >= 15 is 0 Å². The van der Waals surface area contributed by atoms with Crippen LogP contribution in [0, 0.1) is 0 Å². The van der Waals surface area contributed by atoms with Gasteiger partial charge >= 0.3 is 19.8 Å². The van der Waals surface area contributed by atoms with E-state index in [-0.39, 0.29) is 19.4 Å². The number of allylic oxidation sites excluding steroid dienone is 16. The van der Waals surface area contributed by atoms with E-state index in [1.165, 1.54) is 44.9 Å². The molecule has 11 heteroatoms. The van der Waals surface area contributed by atoms with Crippen molar-refractivity contribution in [1.82, 2.24) is 0 Å². The second kappa shape index (κ2) is 43.0. The number of hydrogen-bond acceptors (Lipinski definition) is 9. The largest absolute Gasteiger partial charge is 0.472 e. The quantitative estimate of drug-likeness (QED) is 0.0235. The zero-order valence-corrected chi connectivity index (χ0v) is 37.3. The van der Waals surface area contributed by atoms with Gasteiger partial charge in [0.05, 0.1) is 19.8 Å². The highest BCUT2D eigenvalue weighted by Gasteiger charge is 2.27. The summed E-state index contributed by atoms with van der Waals surface area (Å²) in [4.78, 5) is 35.0. The summed E-state index contributed by atoms with van der Waals surface area (Å²) in [7, 11) is -4.65. The van der Waals surface area contributed by atoms with Crippen LogP contribution in [0.1, 0.15) is 155 Å². The van der Waals surface area contributed by atoms with Crippen molar-refractivity contribution in [1.29, 1.82) is 0 Å². The Morgan fingerprint density at radius 3 is 1.34 bits per heavy atom. The average Bonchev–Trinajstić information content (AvgIpc) is 3.22. The fourth-order valence-electron chi connectivity index (χ4n) is 5.26. The minimum Gasteiger partial charge on any atom is -0.462 e. The van der Waals surface area contributed by atoms with Gasteiger partial charge in [-0.15, -0.1) is 0 Å². The lowest BCUT2D eigenvalue weighted by Crippen LogP contribution is -2.29. The monoisotopic (exact) mass is 847 g/mol. The van der Waals surface area contributed by atoms with Gasteiger partial charge < -0.3 is 24.6 Å². The maximum absolute atomic E-state index is 12.6. The Bertz CT molecular complexity index is 1300. The number of phosphoric ester groups is 1. The molecule has 0 radical (unpaired) electrons. The number of esters is 2. The Kier molecular flexibility index (Phi) is 40.7. The summed E-state index contributed by atoms with van der Waals surface area (Å²) in [6.45, 7) is 2.20. The van der Waals surface area contributed by atoms with E-state index in [9.17, 15) is 24.2 Å². The summed E-state index contributed by atoms with van der Waals surface area (Å²) in [5.74, 6) is -1.04. The first-order valence-corrected chi connectivity index (χ1v) is 23.7. The van der Waals surface area contributed by atoms with Crippen LogP contribution < -0.4 is 0 Å². The van der Waals surface area contributed by atoms with Crippen LogP contribution in [0.5, 0.6) is 0 Å². The molecule has 0 aromatic carbocycles. The molecule has 10 nitrogen and oxygen atoms in total. The summed E-state index contributed by atoms with van der Waals surface area (Å²) in [5, 5.41) is 18.3. The standard InChI is InChI=1S/C48H79O10P/c1-3-5-7-9-11-13-15-17-19-21-22-24-26-28-30-32-34-36-38-40-48(52)58-46(44-57-59(53,54)56-42-45(50)41-49)43-55-47(51)39-37-35-33-31-29-27-25-23-20-18-16-14-12-10-8-6-4-2/h11-14,17-20,22,24-25,27-28,30-31,33,45-46,49-50H,3-10,15-16,21,23,26,29,32,34-44H2,1-2H3,(H,53,54)/b13-11-,14-12-,19-17-,20-18-,24-22-,27-25-,30-28-,33-31-/t45-,46+/m0/s1. The molecule has 0 aromatic heterocycles. The van der Waals surface area contributed by atoms with Gasteiger partial charge in [0.1, 0.15) is 12.7 Å². The summed E-state index contributed by atoms with van der Waals surface area (Å²) < 4.78 is 32.6. The van der Waals surface area contributed by atoms with E-state index in [2.05, 4.69) is 110 Å². The first-order chi connectivity index (χ1) is 28.7.